The van der Waals surface area contributed by atoms with E-state index >= 15 is 0 Å². The number of rotatable bonds is 8. The zero-order valence-electron chi connectivity index (χ0n) is 18.1. The van der Waals surface area contributed by atoms with Crippen LogP contribution in [0.4, 0.5) is 5.13 Å². The van der Waals surface area contributed by atoms with E-state index in [2.05, 4.69) is 57.1 Å². The molecule has 1 aliphatic rings. The van der Waals surface area contributed by atoms with Crippen molar-refractivity contribution in [2.75, 3.05) is 51.8 Å². The van der Waals surface area contributed by atoms with E-state index in [1.54, 1.807) is 11.3 Å². The van der Waals surface area contributed by atoms with Gasteiger partial charge < -0.3 is 20.3 Å². The smallest absolute Gasteiger partial charge is 0.191 e. The van der Waals surface area contributed by atoms with Gasteiger partial charge in [-0.1, -0.05) is 24.3 Å². The van der Waals surface area contributed by atoms with Crippen LogP contribution in [0, 0.1) is 0 Å². The summed E-state index contributed by atoms with van der Waals surface area (Å²) in [5.74, 6) is 0.813. The first-order valence-electron chi connectivity index (χ1n) is 10.2. The van der Waals surface area contributed by atoms with Crippen LogP contribution in [0.2, 0.25) is 0 Å². The van der Waals surface area contributed by atoms with Crippen LogP contribution in [0.5, 0.6) is 0 Å². The van der Waals surface area contributed by atoms with Gasteiger partial charge >= 0.3 is 0 Å². The molecule has 0 atom stereocenters. The molecular weight excluding hydrogens is 511 g/mol. The number of aliphatic imine (C=N–C) groups is 1. The predicted octanol–water partition coefficient (Wildman–Crippen LogP) is 2.91. The molecule has 0 unspecified atom stereocenters. The predicted molar refractivity (Wildman–Crippen MR) is 136 cm³/mol. The van der Waals surface area contributed by atoms with E-state index in [-0.39, 0.29) is 24.0 Å². The van der Waals surface area contributed by atoms with E-state index in [1.165, 1.54) is 11.1 Å². The van der Waals surface area contributed by atoms with Gasteiger partial charge in [-0.05, 0) is 18.1 Å². The molecule has 9 heteroatoms. The van der Waals surface area contributed by atoms with Gasteiger partial charge in [0.15, 0.2) is 11.1 Å². The number of anilines is 1. The Morgan fingerprint density at radius 2 is 1.93 bits per heavy atom. The first-order valence-corrected chi connectivity index (χ1v) is 11.0. The molecular formula is C21H33IN6OS. The second-order valence-corrected chi connectivity index (χ2v) is 8.06. The van der Waals surface area contributed by atoms with Crippen LogP contribution in [0.1, 0.15) is 23.7 Å². The summed E-state index contributed by atoms with van der Waals surface area (Å²) in [6.07, 6.45) is 0. The van der Waals surface area contributed by atoms with E-state index in [4.69, 9.17) is 9.73 Å². The molecule has 1 aromatic heterocycles. The van der Waals surface area contributed by atoms with Crippen molar-refractivity contribution in [1.29, 1.82) is 0 Å². The van der Waals surface area contributed by atoms with Gasteiger partial charge in [0.1, 0.15) is 0 Å². The average molecular weight is 545 g/mol. The largest absolute Gasteiger partial charge is 0.379 e. The van der Waals surface area contributed by atoms with Crippen LogP contribution in [0.25, 0.3) is 0 Å². The number of nitrogens with one attached hydrogen (secondary N) is 2. The van der Waals surface area contributed by atoms with E-state index in [1.807, 2.05) is 19.0 Å². The molecule has 7 nitrogen and oxygen atoms in total. The number of nitrogens with zero attached hydrogens (tertiary/aromatic N) is 4. The minimum atomic E-state index is 0. The molecule has 0 saturated carbocycles. The van der Waals surface area contributed by atoms with Crippen molar-refractivity contribution in [1.82, 2.24) is 20.5 Å². The summed E-state index contributed by atoms with van der Waals surface area (Å²) >= 11 is 1.65. The van der Waals surface area contributed by atoms with E-state index in [0.717, 1.165) is 56.2 Å². The van der Waals surface area contributed by atoms with Gasteiger partial charge in [-0.25, -0.2) is 9.98 Å². The van der Waals surface area contributed by atoms with Crippen LogP contribution in [0.15, 0.2) is 34.6 Å². The Balaban J connectivity index is 0.00000320. The first-order chi connectivity index (χ1) is 14.2. The van der Waals surface area contributed by atoms with Gasteiger partial charge in [0.25, 0.3) is 0 Å². The molecule has 3 rings (SSSR count). The lowest BCUT2D eigenvalue weighted by Gasteiger charge is -2.27. The molecule has 2 heterocycles. The highest BCUT2D eigenvalue weighted by molar-refractivity contribution is 14.0. The van der Waals surface area contributed by atoms with Gasteiger partial charge in [0.2, 0.25) is 0 Å². The summed E-state index contributed by atoms with van der Waals surface area (Å²) in [7, 11) is 4.02. The highest BCUT2D eigenvalue weighted by Gasteiger charge is 2.12. The molecule has 1 saturated heterocycles. The van der Waals surface area contributed by atoms with Gasteiger partial charge in [0.05, 0.1) is 32.0 Å². The second kappa shape index (κ2) is 13.1. The minimum Gasteiger partial charge on any atom is -0.379 e. The molecule has 1 aromatic carbocycles. The van der Waals surface area contributed by atoms with Crippen LogP contribution in [0.3, 0.4) is 0 Å². The molecule has 1 fully saturated rings. The zero-order chi connectivity index (χ0) is 20.5. The molecule has 2 aromatic rings. The standard InChI is InChI=1S/C21H32N6OS.HI/c1-4-22-20(24-14-19-16-29-21(25-19)26(2)3)23-13-17-7-5-6-8-18(17)15-27-9-11-28-12-10-27;/h5-8,16H,4,9-15H2,1-3H3,(H2,22,23,24);1H. The van der Waals surface area contributed by atoms with Crippen LogP contribution in [-0.2, 0) is 24.4 Å². The number of guanidine groups is 1. The van der Waals surface area contributed by atoms with Gasteiger partial charge in [-0.2, -0.15) is 0 Å². The molecule has 2 N–H and O–H groups in total. The van der Waals surface area contributed by atoms with Gasteiger partial charge in [-0.3, -0.25) is 4.90 Å². The number of thiazole rings is 1. The number of hydrogen-bond donors (Lipinski definition) is 2. The molecule has 0 radical (unpaired) electrons. The Morgan fingerprint density at radius 3 is 2.60 bits per heavy atom. The topological polar surface area (TPSA) is 65.0 Å². The molecule has 0 amide bonds. The lowest BCUT2D eigenvalue weighted by molar-refractivity contribution is 0.0341. The fourth-order valence-corrected chi connectivity index (χ4v) is 3.89. The van der Waals surface area contributed by atoms with E-state index in [9.17, 15) is 0 Å². The van der Waals surface area contributed by atoms with Crippen molar-refractivity contribution in [2.24, 2.45) is 4.99 Å². The summed E-state index contributed by atoms with van der Waals surface area (Å²) in [4.78, 5) is 13.9. The number of morpholine rings is 1. The summed E-state index contributed by atoms with van der Waals surface area (Å²) in [5, 5.41) is 9.83. The summed E-state index contributed by atoms with van der Waals surface area (Å²) in [6.45, 7) is 8.78. The van der Waals surface area contributed by atoms with E-state index < -0.39 is 0 Å². The maximum Gasteiger partial charge on any atom is 0.191 e. The lowest BCUT2D eigenvalue weighted by Crippen LogP contribution is -2.37. The first kappa shape index (κ1) is 24.8. The molecule has 30 heavy (non-hydrogen) atoms. The summed E-state index contributed by atoms with van der Waals surface area (Å²) < 4.78 is 5.46. The van der Waals surface area contributed by atoms with Crippen LogP contribution < -0.4 is 15.5 Å². The van der Waals surface area contributed by atoms with Crippen LogP contribution in [-0.4, -0.2) is 62.8 Å². The zero-order valence-corrected chi connectivity index (χ0v) is 21.2. The SMILES string of the molecule is CCNC(=NCc1ccccc1CN1CCOCC1)NCc1csc(N(C)C)n1.I. The Bertz CT molecular complexity index is 791. The fourth-order valence-electron chi connectivity index (χ4n) is 3.13. The van der Waals surface area contributed by atoms with E-state index in [0.29, 0.717) is 13.1 Å². The van der Waals surface area contributed by atoms with Crippen molar-refractivity contribution >= 4 is 46.4 Å². The second-order valence-electron chi connectivity index (χ2n) is 7.22. The number of aromatic nitrogens is 1. The number of benzene rings is 1. The Morgan fingerprint density at radius 1 is 1.20 bits per heavy atom. The summed E-state index contributed by atoms with van der Waals surface area (Å²) in [5.41, 5.74) is 3.63. The highest BCUT2D eigenvalue weighted by atomic mass is 127. The molecule has 166 valence electrons. The molecule has 0 aliphatic carbocycles. The van der Waals surface area contributed by atoms with Crippen molar-refractivity contribution in [2.45, 2.75) is 26.6 Å². The Labute approximate surface area is 200 Å². The van der Waals surface area contributed by atoms with Crippen molar-refractivity contribution < 1.29 is 4.74 Å². The average Bonchev–Trinajstić information content (AvgIpc) is 3.21. The third-order valence-electron chi connectivity index (χ3n) is 4.73. The molecule has 0 spiro atoms. The summed E-state index contributed by atoms with van der Waals surface area (Å²) in [6, 6.07) is 8.58. The molecule has 0 bridgehead atoms. The normalized spacial score (nSPS) is 14.8. The fraction of sp³-hybridized carbons (Fsp3) is 0.524. The maximum absolute atomic E-state index is 5.46. The van der Waals surface area contributed by atoms with Crippen molar-refractivity contribution in [3.63, 3.8) is 0 Å². The third-order valence-corrected chi connectivity index (χ3v) is 5.78. The lowest BCUT2D eigenvalue weighted by atomic mass is 10.1. The Kier molecular flexibility index (Phi) is 10.8. The monoisotopic (exact) mass is 544 g/mol. The quantitative estimate of drug-likeness (QED) is 0.303. The van der Waals surface area contributed by atoms with Crippen molar-refractivity contribution in [3.8, 4) is 0 Å². The maximum atomic E-state index is 5.46. The molecule has 1 aliphatic heterocycles. The van der Waals surface area contributed by atoms with Crippen molar-refractivity contribution in [3.05, 3.63) is 46.5 Å². The number of hydrogen-bond acceptors (Lipinski definition) is 6. The van der Waals surface area contributed by atoms with Gasteiger partial charge in [-0.15, -0.1) is 35.3 Å². The van der Waals surface area contributed by atoms with Crippen LogP contribution >= 0.6 is 35.3 Å². The van der Waals surface area contributed by atoms with Gasteiger partial charge in [0, 0.05) is 45.7 Å². The third kappa shape index (κ3) is 7.68. The number of ether oxygens (including phenoxy) is 1. The minimum absolute atomic E-state index is 0. The Hall–Kier alpha value is -1.43. The highest BCUT2D eigenvalue weighted by Crippen LogP contribution is 2.17. The number of halogens is 1.